The quantitative estimate of drug-likeness (QED) is 0.833. The molecule has 1 atom stereocenters. The summed E-state index contributed by atoms with van der Waals surface area (Å²) in [6.07, 6.45) is 3.28. The van der Waals surface area contributed by atoms with E-state index in [-0.39, 0.29) is 0 Å². The molecule has 1 aromatic rings. The van der Waals surface area contributed by atoms with E-state index in [4.69, 9.17) is 11.6 Å². The maximum atomic E-state index is 6.20. The molecule has 1 N–H and O–H groups in total. The van der Waals surface area contributed by atoms with E-state index in [2.05, 4.69) is 24.3 Å². The Labute approximate surface area is 103 Å². The van der Waals surface area contributed by atoms with Crippen LogP contribution in [0.2, 0.25) is 5.15 Å². The van der Waals surface area contributed by atoms with Crippen LogP contribution in [0.5, 0.6) is 0 Å². The van der Waals surface area contributed by atoms with Gasteiger partial charge in [0.1, 0.15) is 5.15 Å². The molecule has 92 valence electrons. The van der Waals surface area contributed by atoms with Crippen LogP contribution in [0.4, 0.5) is 0 Å². The molecule has 0 fully saturated rings. The number of hydrogen-bond acceptors (Lipinski definition) is 2. The van der Waals surface area contributed by atoms with E-state index in [1.165, 1.54) is 5.56 Å². The lowest BCUT2D eigenvalue weighted by molar-refractivity contribution is 0.480. The highest BCUT2D eigenvalue weighted by atomic mass is 35.5. The molecule has 0 saturated heterocycles. The number of nitrogens with one attached hydrogen (secondary N) is 1. The van der Waals surface area contributed by atoms with Gasteiger partial charge in [0.15, 0.2) is 0 Å². The van der Waals surface area contributed by atoms with Crippen LogP contribution >= 0.6 is 11.6 Å². The predicted octanol–water partition coefficient (Wildman–Crippen LogP) is 2.70. The van der Waals surface area contributed by atoms with Gasteiger partial charge >= 0.3 is 0 Å². The lowest BCUT2D eigenvalue weighted by Crippen LogP contribution is -2.28. The van der Waals surface area contributed by atoms with Crippen molar-refractivity contribution in [3.63, 3.8) is 0 Å². The van der Waals surface area contributed by atoms with Crippen molar-refractivity contribution in [1.29, 1.82) is 0 Å². The summed E-state index contributed by atoms with van der Waals surface area (Å²) in [6, 6.07) is 0.584. The number of aromatic nitrogens is 2. The Morgan fingerprint density at radius 2 is 2.12 bits per heavy atom. The minimum Gasteiger partial charge on any atom is -0.314 e. The van der Waals surface area contributed by atoms with Gasteiger partial charge in [-0.2, -0.15) is 5.10 Å². The standard InChI is InChI=1S/C12H22ClN3/c1-5-10(14-6-2)7-8-11-9(3)15-16(4)12(11)13/h10,14H,5-8H2,1-4H3. The first-order valence-corrected chi connectivity index (χ1v) is 6.39. The molecule has 0 aliphatic heterocycles. The van der Waals surface area contributed by atoms with Gasteiger partial charge in [-0.05, 0) is 32.7 Å². The Kier molecular flexibility index (Phi) is 5.29. The third-order valence-electron chi connectivity index (χ3n) is 3.00. The first-order chi connectivity index (χ1) is 7.60. The van der Waals surface area contributed by atoms with Crippen LogP contribution in [-0.4, -0.2) is 22.4 Å². The van der Waals surface area contributed by atoms with Gasteiger partial charge in [0.2, 0.25) is 0 Å². The van der Waals surface area contributed by atoms with Crippen LogP contribution in [0.3, 0.4) is 0 Å². The molecule has 0 aromatic carbocycles. The van der Waals surface area contributed by atoms with Gasteiger partial charge in [-0.25, -0.2) is 0 Å². The van der Waals surface area contributed by atoms with Gasteiger partial charge < -0.3 is 5.32 Å². The number of rotatable bonds is 6. The van der Waals surface area contributed by atoms with Gasteiger partial charge in [-0.15, -0.1) is 0 Å². The van der Waals surface area contributed by atoms with E-state index in [1.54, 1.807) is 4.68 Å². The van der Waals surface area contributed by atoms with E-state index in [0.717, 1.165) is 36.7 Å². The number of aryl methyl sites for hydroxylation is 2. The summed E-state index contributed by atoms with van der Waals surface area (Å²) in [5, 5.41) is 8.58. The Morgan fingerprint density at radius 3 is 2.56 bits per heavy atom. The smallest absolute Gasteiger partial charge is 0.130 e. The van der Waals surface area contributed by atoms with Crippen molar-refractivity contribution >= 4 is 11.6 Å². The molecular formula is C12H22ClN3. The molecule has 1 heterocycles. The third-order valence-corrected chi connectivity index (χ3v) is 3.47. The number of hydrogen-bond donors (Lipinski definition) is 1. The van der Waals surface area contributed by atoms with Crippen molar-refractivity contribution in [2.45, 2.75) is 46.1 Å². The van der Waals surface area contributed by atoms with Crippen LogP contribution < -0.4 is 5.32 Å². The minimum atomic E-state index is 0.584. The second-order valence-electron chi connectivity index (χ2n) is 4.18. The second kappa shape index (κ2) is 6.26. The lowest BCUT2D eigenvalue weighted by Gasteiger charge is -2.15. The Bertz CT molecular complexity index is 333. The van der Waals surface area contributed by atoms with Crippen molar-refractivity contribution in [2.75, 3.05) is 6.54 Å². The van der Waals surface area contributed by atoms with E-state index < -0.39 is 0 Å². The molecule has 1 aromatic heterocycles. The fourth-order valence-corrected chi connectivity index (χ4v) is 2.28. The van der Waals surface area contributed by atoms with Crippen LogP contribution in [0, 0.1) is 6.92 Å². The molecule has 0 spiro atoms. The average molecular weight is 244 g/mol. The van der Waals surface area contributed by atoms with Gasteiger partial charge in [0.25, 0.3) is 0 Å². The largest absolute Gasteiger partial charge is 0.314 e. The highest BCUT2D eigenvalue weighted by Crippen LogP contribution is 2.21. The molecule has 0 amide bonds. The number of halogens is 1. The van der Waals surface area contributed by atoms with Crippen molar-refractivity contribution in [1.82, 2.24) is 15.1 Å². The van der Waals surface area contributed by atoms with Crippen molar-refractivity contribution in [2.24, 2.45) is 7.05 Å². The molecule has 0 aliphatic rings. The molecule has 3 nitrogen and oxygen atoms in total. The molecule has 0 aliphatic carbocycles. The Balaban J connectivity index is 2.59. The molecule has 0 radical (unpaired) electrons. The van der Waals surface area contributed by atoms with E-state index in [1.807, 2.05) is 14.0 Å². The van der Waals surface area contributed by atoms with Gasteiger partial charge in [0, 0.05) is 18.7 Å². The van der Waals surface area contributed by atoms with Crippen LogP contribution in [0.1, 0.15) is 37.9 Å². The normalized spacial score (nSPS) is 13.1. The molecule has 0 saturated carbocycles. The molecule has 0 bridgehead atoms. The molecular weight excluding hydrogens is 222 g/mol. The lowest BCUT2D eigenvalue weighted by atomic mass is 10.0. The second-order valence-corrected chi connectivity index (χ2v) is 4.54. The van der Waals surface area contributed by atoms with E-state index in [9.17, 15) is 0 Å². The summed E-state index contributed by atoms with van der Waals surface area (Å²) >= 11 is 6.20. The van der Waals surface area contributed by atoms with Gasteiger partial charge in [-0.3, -0.25) is 4.68 Å². The summed E-state index contributed by atoms with van der Waals surface area (Å²) in [6.45, 7) is 7.41. The Morgan fingerprint density at radius 1 is 1.44 bits per heavy atom. The highest BCUT2D eigenvalue weighted by Gasteiger charge is 2.13. The fourth-order valence-electron chi connectivity index (χ4n) is 2.02. The maximum Gasteiger partial charge on any atom is 0.130 e. The minimum absolute atomic E-state index is 0.584. The van der Waals surface area contributed by atoms with E-state index in [0.29, 0.717) is 6.04 Å². The summed E-state index contributed by atoms with van der Waals surface area (Å²) in [5.74, 6) is 0. The molecule has 1 rings (SSSR count). The first-order valence-electron chi connectivity index (χ1n) is 6.01. The first kappa shape index (κ1) is 13.5. The summed E-state index contributed by atoms with van der Waals surface area (Å²) < 4.78 is 1.75. The average Bonchev–Trinajstić information content (AvgIpc) is 2.49. The van der Waals surface area contributed by atoms with Crippen LogP contribution in [0.25, 0.3) is 0 Å². The monoisotopic (exact) mass is 243 g/mol. The summed E-state index contributed by atoms with van der Waals surface area (Å²) in [7, 11) is 1.89. The SMILES string of the molecule is CCNC(CC)CCc1c(C)nn(C)c1Cl. The van der Waals surface area contributed by atoms with Gasteiger partial charge in [0.05, 0.1) is 5.69 Å². The van der Waals surface area contributed by atoms with Crippen molar-refractivity contribution < 1.29 is 0 Å². The predicted molar refractivity (Wildman–Crippen MR) is 69.0 cm³/mol. The van der Waals surface area contributed by atoms with Gasteiger partial charge in [-0.1, -0.05) is 25.4 Å². The zero-order valence-corrected chi connectivity index (χ0v) is 11.4. The van der Waals surface area contributed by atoms with Crippen molar-refractivity contribution in [3.8, 4) is 0 Å². The zero-order valence-electron chi connectivity index (χ0n) is 10.7. The molecule has 16 heavy (non-hydrogen) atoms. The summed E-state index contributed by atoms with van der Waals surface area (Å²) in [4.78, 5) is 0. The number of nitrogens with zero attached hydrogens (tertiary/aromatic N) is 2. The molecule has 1 unspecified atom stereocenters. The maximum absolute atomic E-state index is 6.20. The Hall–Kier alpha value is -0.540. The van der Waals surface area contributed by atoms with Crippen molar-refractivity contribution in [3.05, 3.63) is 16.4 Å². The summed E-state index contributed by atoms with van der Waals surface area (Å²) in [5.41, 5.74) is 2.25. The third kappa shape index (κ3) is 3.22. The zero-order chi connectivity index (χ0) is 12.1. The van der Waals surface area contributed by atoms with E-state index >= 15 is 0 Å². The molecule has 4 heteroatoms. The fraction of sp³-hybridized carbons (Fsp3) is 0.750. The topological polar surface area (TPSA) is 29.9 Å². The highest BCUT2D eigenvalue weighted by molar-refractivity contribution is 6.30. The van der Waals surface area contributed by atoms with Crippen LogP contribution in [-0.2, 0) is 13.5 Å². The van der Waals surface area contributed by atoms with Crippen LogP contribution in [0.15, 0.2) is 0 Å².